The van der Waals surface area contributed by atoms with E-state index in [0.29, 0.717) is 6.04 Å². The molecule has 0 spiro atoms. The molecular formula is C12H28N2. The summed E-state index contributed by atoms with van der Waals surface area (Å²) in [5.41, 5.74) is 6.00. The Labute approximate surface area is 89.9 Å². The van der Waals surface area contributed by atoms with Gasteiger partial charge in [0.2, 0.25) is 0 Å². The van der Waals surface area contributed by atoms with E-state index in [-0.39, 0.29) is 0 Å². The Morgan fingerprint density at radius 3 is 2.29 bits per heavy atom. The Kier molecular flexibility index (Phi) is 8.20. The zero-order valence-corrected chi connectivity index (χ0v) is 10.4. The zero-order valence-electron chi connectivity index (χ0n) is 10.4. The van der Waals surface area contributed by atoms with Crippen molar-refractivity contribution in [3.8, 4) is 0 Å². The maximum absolute atomic E-state index is 6.00. The van der Waals surface area contributed by atoms with E-state index in [1.54, 1.807) is 0 Å². The van der Waals surface area contributed by atoms with Crippen molar-refractivity contribution in [3.63, 3.8) is 0 Å². The maximum atomic E-state index is 6.00. The Balaban J connectivity index is 3.83. The topological polar surface area (TPSA) is 29.3 Å². The minimum absolute atomic E-state index is 0.400. The van der Waals surface area contributed by atoms with E-state index in [2.05, 4.69) is 32.8 Å². The van der Waals surface area contributed by atoms with E-state index in [4.69, 9.17) is 5.73 Å². The lowest BCUT2D eigenvalue weighted by molar-refractivity contribution is 0.280. The lowest BCUT2D eigenvalue weighted by Crippen LogP contribution is -2.29. The van der Waals surface area contributed by atoms with Gasteiger partial charge in [-0.25, -0.2) is 0 Å². The van der Waals surface area contributed by atoms with Crippen LogP contribution in [-0.2, 0) is 0 Å². The summed E-state index contributed by atoms with van der Waals surface area (Å²) in [6, 6.07) is 0.400. The fraction of sp³-hybridized carbons (Fsp3) is 1.00. The van der Waals surface area contributed by atoms with Crippen LogP contribution in [0.2, 0.25) is 0 Å². The summed E-state index contributed by atoms with van der Waals surface area (Å²) in [4.78, 5) is 2.28. The van der Waals surface area contributed by atoms with Gasteiger partial charge in [-0.1, -0.05) is 26.7 Å². The molecule has 0 radical (unpaired) electrons. The van der Waals surface area contributed by atoms with E-state index in [1.165, 1.54) is 32.2 Å². The highest BCUT2D eigenvalue weighted by molar-refractivity contribution is 4.69. The minimum atomic E-state index is 0.400. The monoisotopic (exact) mass is 200 g/mol. The first-order valence-electron chi connectivity index (χ1n) is 6.00. The molecule has 0 rings (SSSR count). The molecule has 0 aromatic heterocycles. The van der Waals surface area contributed by atoms with Gasteiger partial charge in [0.15, 0.2) is 0 Å². The summed E-state index contributed by atoms with van der Waals surface area (Å²) in [6.45, 7) is 5.62. The average molecular weight is 200 g/mol. The number of nitrogens with zero attached hydrogens (tertiary/aromatic N) is 1. The molecule has 2 nitrogen and oxygen atoms in total. The van der Waals surface area contributed by atoms with Crippen molar-refractivity contribution < 1.29 is 0 Å². The molecule has 0 aliphatic rings. The summed E-state index contributed by atoms with van der Waals surface area (Å²) in [6.07, 6.45) is 6.27. The smallest absolute Gasteiger partial charge is 0.00393 e. The molecule has 14 heavy (non-hydrogen) atoms. The lowest BCUT2D eigenvalue weighted by Gasteiger charge is -2.23. The van der Waals surface area contributed by atoms with Gasteiger partial charge in [0, 0.05) is 12.6 Å². The van der Waals surface area contributed by atoms with Crippen LogP contribution in [0.1, 0.15) is 46.0 Å². The van der Waals surface area contributed by atoms with Crippen molar-refractivity contribution >= 4 is 0 Å². The minimum Gasteiger partial charge on any atom is -0.328 e. The number of rotatable bonds is 8. The fourth-order valence-electron chi connectivity index (χ4n) is 1.89. The van der Waals surface area contributed by atoms with E-state index in [9.17, 15) is 0 Å². The van der Waals surface area contributed by atoms with Gasteiger partial charge in [-0.15, -0.1) is 0 Å². The molecule has 0 aliphatic carbocycles. The Morgan fingerprint density at radius 2 is 1.86 bits per heavy atom. The first-order chi connectivity index (χ1) is 6.60. The lowest BCUT2D eigenvalue weighted by atomic mass is 9.93. The van der Waals surface area contributed by atoms with Gasteiger partial charge < -0.3 is 10.6 Å². The molecule has 0 saturated carbocycles. The molecule has 0 heterocycles. The maximum Gasteiger partial charge on any atom is 0.00393 e. The number of hydrogen-bond donors (Lipinski definition) is 1. The SMILES string of the molecule is CCCCC(CC(N)CC)CN(C)C. The molecule has 2 N–H and O–H groups in total. The predicted molar refractivity (Wildman–Crippen MR) is 64.5 cm³/mol. The Hall–Kier alpha value is -0.0800. The summed E-state index contributed by atoms with van der Waals surface area (Å²) in [5.74, 6) is 0.792. The molecular weight excluding hydrogens is 172 g/mol. The van der Waals surface area contributed by atoms with Crippen LogP contribution >= 0.6 is 0 Å². The van der Waals surface area contributed by atoms with Crippen LogP contribution in [0.4, 0.5) is 0 Å². The van der Waals surface area contributed by atoms with Crippen molar-refractivity contribution in [1.29, 1.82) is 0 Å². The van der Waals surface area contributed by atoms with E-state index in [1.807, 2.05) is 0 Å². The van der Waals surface area contributed by atoms with Crippen LogP contribution < -0.4 is 5.73 Å². The zero-order chi connectivity index (χ0) is 11.0. The van der Waals surface area contributed by atoms with Crippen LogP contribution in [0.3, 0.4) is 0 Å². The fourth-order valence-corrected chi connectivity index (χ4v) is 1.89. The van der Waals surface area contributed by atoms with Crippen LogP contribution in [0.15, 0.2) is 0 Å². The Morgan fingerprint density at radius 1 is 1.21 bits per heavy atom. The van der Waals surface area contributed by atoms with Gasteiger partial charge in [-0.3, -0.25) is 0 Å². The second-order valence-electron chi connectivity index (χ2n) is 4.67. The molecule has 0 aromatic carbocycles. The molecule has 0 bridgehead atoms. The third-order valence-electron chi connectivity index (χ3n) is 2.75. The van der Waals surface area contributed by atoms with Crippen molar-refractivity contribution in [3.05, 3.63) is 0 Å². The van der Waals surface area contributed by atoms with Crippen molar-refractivity contribution in [1.82, 2.24) is 4.90 Å². The number of unbranched alkanes of at least 4 members (excludes halogenated alkanes) is 1. The first-order valence-corrected chi connectivity index (χ1v) is 6.00. The molecule has 2 atom stereocenters. The van der Waals surface area contributed by atoms with Crippen LogP contribution in [0.5, 0.6) is 0 Å². The molecule has 0 fully saturated rings. The molecule has 0 saturated heterocycles. The summed E-state index contributed by atoms with van der Waals surface area (Å²) < 4.78 is 0. The van der Waals surface area contributed by atoms with Gasteiger partial charge in [0.1, 0.15) is 0 Å². The average Bonchev–Trinajstić information content (AvgIpc) is 2.13. The molecule has 0 aromatic rings. The molecule has 2 heteroatoms. The van der Waals surface area contributed by atoms with Crippen LogP contribution in [0, 0.1) is 5.92 Å². The van der Waals surface area contributed by atoms with E-state index in [0.717, 1.165) is 12.3 Å². The van der Waals surface area contributed by atoms with E-state index < -0.39 is 0 Å². The highest BCUT2D eigenvalue weighted by atomic mass is 15.1. The standard InChI is InChI=1S/C12H28N2/c1-5-7-8-11(10-14(3)4)9-12(13)6-2/h11-12H,5-10,13H2,1-4H3. The van der Waals surface area contributed by atoms with Gasteiger partial charge in [0.05, 0.1) is 0 Å². The van der Waals surface area contributed by atoms with Gasteiger partial charge in [-0.05, 0) is 39.3 Å². The summed E-state index contributed by atoms with van der Waals surface area (Å²) in [7, 11) is 4.30. The van der Waals surface area contributed by atoms with Crippen molar-refractivity contribution in [2.24, 2.45) is 11.7 Å². The van der Waals surface area contributed by atoms with Gasteiger partial charge in [-0.2, -0.15) is 0 Å². The highest BCUT2D eigenvalue weighted by Gasteiger charge is 2.12. The van der Waals surface area contributed by atoms with Crippen molar-refractivity contribution in [2.45, 2.75) is 52.0 Å². The first kappa shape index (κ1) is 13.9. The van der Waals surface area contributed by atoms with Crippen molar-refractivity contribution in [2.75, 3.05) is 20.6 Å². The highest BCUT2D eigenvalue weighted by Crippen LogP contribution is 2.16. The summed E-state index contributed by atoms with van der Waals surface area (Å²) in [5, 5.41) is 0. The third-order valence-corrected chi connectivity index (χ3v) is 2.75. The van der Waals surface area contributed by atoms with E-state index >= 15 is 0 Å². The number of hydrogen-bond acceptors (Lipinski definition) is 2. The molecule has 86 valence electrons. The Bertz CT molecular complexity index is 123. The second kappa shape index (κ2) is 8.25. The molecule has 0 aliphatic heterocycles. The normalized spacial score (nSPS) is 15.9. The van der Waals surface area contributed by atoms with Gasteiger partial charge >= 0.3 is 0 Å². The van der Waals surface area contributed by atoms with Crippen LogP contribution in [0.25, 0.3) is 0 Å². The molecule has 0 amide bonds. The molecule has 2 unspecified atom stereocenters. The quantitative estimate of drug-likeness (QED) is 0.652. The van der Waals surface area contributed by atoms with Gasteiger partial charge in [0.25, 0.3) is 0 Å². The van der Waals surface area contributed by atoms with Crippen LogP contribution in [-0.4, -0.2) is 31.6 Å². The largest absolute Gasteiger partial charge is 0.328 e. The number of nitrogens with two attached hydrogens (primary N) is 1. The predicted octanol–water partition coefficient (Wildman–Crippen LogP) is 2.48. The summed E-state index contributed by atoms with van der Waals surface area (Å²) >= 11 is 0. The second-order valence-corrected chi connectivity index (χ2v) is 4.67. The third kappa shape index (κ3) is 7.34.